The van der Waals surface area contributed by atoms with E-state index in [-0.39, 0.29) is 5.91 Å². The van der Waals surface area contributed by atoms with Crippen molar-refractivity contribution in [3.63, 3.8) is 0 Å². The molecule has 3 nitrogen and oxygen atoms in total. The first kappa shape index (κ1) is 14.4. The van der Waals surface area contributed by atoms with Crippen LogP contribution in [0.4, 0.5) is 0 Å². The summed E-state index contributed by atoms with van der Waals surface area (Å²) < 4.78 is 0. The summed E-state index contributed by atoms with van der Waals surface area (Å²) in [5, 5.41) is 12.3. The van der Waals surface area contributed by atoms with Crippen molar-refractivity contribution in [3.8, 4) is 0 Å². The predicted molar refractivity (Wildman–Crippen MR) is 62.5 cm³/mol. The van der Waals surface area contributed by atoms with Crippen molar-refractivity contribution in [3.05, 3.63) is 0 Å². The molecule has 0 saturated heterocycles. The molecule has 1 atom stereocenters. The standard InChI is InChI=1S/C12H25NO2/c1-9(2)5-6-12(15)13-8-11(14)7-10(3)4/h9-11,14H,5-8H2,1-4H3,(H,13,15). The van der Waals surface area contributed by atoms with Gasteiger partial charge in [-0.1, -0.05) is 27.7 Å². The molecule has 0 aliphatic carbocycles. The number of carbonyl (C=O) groups excluding carboxylic acids is 1. The van der Waals surface area contributed by atoms with Gasteiger partial charge >= 0.3 is 0 Å². The SMILES string of the molecule is CC(C)CCC(=O)NCC(O)CC(C)C. The summed E-state index contributed by atoms with van der Waals surface area (Å²) in [6.45, 7) is 8.70. The van der Waals surface area contributed by atoms with Crippen LogP contribution in [-0.4, -0.2) is 23.7 Å². The number of nitrogens with one attached hydrogen (secondary N) is 1. The molecular weight excluding hydrogens is 190 g/mol. The van der Waals surface area contributed by atoms with E-state index in [0.717, 1.165) is 12.8 Å². The summed E-state index contributed by atoms with van der Waals surface area (Å²) in [4.78, 5) is 11.3. The smallest absolute Gasteiger partial charge is 0.220 e. The van der Waals surface area contributed by atoms with Crippen molar-refractivity contribution in [2.75, 3.05) is 6.54 Å². The molecule has 90 valence electrons. The van der Waals surface area contributed by atoms with Gasteiger partial charge in [-0.3, -0.25) is 4.79 Å². The Kier molecular flexibility index (Phi) is 7.39. The Labute approximate surface area is 93.3 Å². The van der Waals surface area contributed by atoms with Gasteiger partial charge in [0, 0.05) is 13.0 Å². The van der Waals surface area contributed by atoms with Crippen LogP contribution >= 0.6 is 0 Å². The molecule has 0 aromatic carbocycles. The summed E-state index contributed by atoms with van der Waals surface area (Å²) >= 11 is 0. The predicted octanol–water partition coefficient (Wildman–Crippen LogP) is 1.95. The number of aliphatic hydroxyl groups is 1. The van der Waals surface area contributed by atoms with Crippen LogP contribution < -0.4 is 5.32 Å². The molecule has 1 amide bonds. The lowest BCUT2D eigenvalue weighted by Crippen LogP contribution is -2.32. The Morgan fingerprint density at radius 2 is 1.80 bits per heavy atom. The molecule has 0 aliphatic heterocycles. The van der Waals surface area contributed by atoms with Gasteiger partial charge in [0.15, 0.2) is 0 Å². The molecule has 1 unspecified atom stereocenters. The Balaban J connectivity index is 3.53. The fourth-order valence-electron chi connectivity index (χ4n) is 1.37. The van der Waals surface area contributed by atoms with Crippen molar-refractivity contribution < 1.29 is 9.90 Å². The Morgan fingerprint density at radius 1 is 1.20 bits per heavy atom. The average Bonchev–Trinajstić information content (AvgIpc) is 2.10. The summed E-state index contributed by atoms with van der Waals surface area (Å²) in [5.41, 5.74) is 0. The van der Waals surface area contributed by atoms with Crippen LogP contribution in [0.5, 0.6) is 0 Å². The molecule has 15 heavy (non-hydrogen) atoms. The van der Waals surface area contributed by atoms with Gasteiger partial charge in [-0.05, 0) is 24.7 Å². The van der Waals surface area contributed by atoms with E-state index in [2.05, 4.69) is 33.0 Å². The minimum atomic E-state index is -0.409. The third-order valence-corrected chi connectivity index (χ3v) is 2.23. The number of aliphatic hydroxyl groups excluding tert-OH is 1. The first-order valence-electron chi connectivity index (χ1n) is 5.86. The van der Waals surface area contributed by atoms with Gasteiger partial charge in [0.1, 0.15) is 0 Å². The Hall–Kier alpha value is -0.570. The van der Waals surface area contributed by atoms with Gasteiger partial charge in [0.25, 0.3) is 0 Å². The first-order chi connectivity index (χ1) is 6.91. The van der Waals surface area contributed by atoms with Gasteiger partial charge in [-0.15, -0.1) is 0 Å². The molecule has 0 spiro atoms. The van der Waals surface area contributed by atoms with Gasteiger partial charge in [-0.2, -0.15) is 0 Å². The first-order valence-corrected chi connectivity index (χ1v) is 5.86. The molecule has 0 heterocycles. The molecule has 0 fully saturated rings. The van der Waals surface area contributed by atoms with Crippen molar-refractivity contribution in [2.45, 2.75) is 53.1 Å². The summed E-state index contributed by atoms with van der Waals surface area (Å²) in [6, 6.07) is 0. The van der Waals surface area contributed by atoms with E-state index in [1.807, 2.05) is 0 Å². The highest BCUT2D eigenvalue weighted by Crippen LogP contribution is 2.05. The quantitative estimate of drug-likeness (QED) is 0.682. The van der Waals surface area contributed by atoms with Crippen LogP contribution in [0.25, 0.3) is 0 Å². The van der Waals surface area contributed by atoms with E-state index in [9.17, 15) is 9.90 Å². The second-order valence-corrected chi connectivity index (χ2v) is 5.02. The van der Waals surface area contributed by atoms with Gasteiger partial charge in [0.2, 0.25) is 5.91 Å². The molecular formula is C12H25NO2. The summed E-state index contributed by atoms with van der Waals surface area (Å²) in [5.74, 6) is 1.07. The normalized spacial score (nSPS) is 13.3. The van der Waals surface area contributed by atoms with Gasteiger partial charge in [0.05, 0.1) is 6.10 Å². The zero-order valence-electron chi connectivity index (χ0n) is 10.4. The highest BCUT2D eigenvalue weighted by molar-refractivity contribution is 5.75. The maximum Gasteiger partial charge on any atom is 0.220 e. The number of hydrogen-bond donors (Lipinski definition) is 2. The van der Waals surface area contributed by atoms with E-state index >= 15 is 0 Å². The van der Waals surface area contributed by atoms with Crippen molar-refractivity contribution in [2.24, 2.45) is 11.8 Å². The third-order valence-electron chi connectivity index (χ3n) is 2.23. The van der Waals surface area contributed by atoms with E-state index in [1.54, 1.807) is 0 Å². The molecule has 0 saturated carbocycles. The monoisotopic (exact) mass is 215 g/mol. The molecule has 0 aliphatic rings. The number of hydrogen-bond acceptors (Lipinski definition) is 2. The van der Waals surface area contributed by atoms with E-state index < -0.39 is 6.10 Å². The minimum Gasteiger partial charge on any atom is -0.391 e. The van der Waals surface area contributed by atoms with Crippen LogP contribution in [-0.2, 0) is 4.79 Å². The molecule has 0 aromatic heterocycles. The Morgan fingerprint density at radius 3 is 2.27 bits per heavy atom. The fraction of sp³-hybridized carbons (Fsp3) is 0.917. The Bertz CT molecular complexity index is 178. The lowest BCUT2D eigenvalue weighted by molar-refractivity contribution is -0.121. The summed E-state index contributed by atoms with van der Waals surface area (Å²) in [7, 11) is 0. The van der Waals surface area contributed by atoms with Crippen molar-refractivity contribution in [1.82, 2.24) is 5.32 Å². The average molecular weight is 215 g/mol. The third kappa shape index (κ3) is 9.73. The van der Waals surface area contributed by atoms with Crippen molar-refractivity contribution in [1.29, 1.82) is 0 Å². The molecule has 0 aromatic rings. The molecule has 3 heteroatoms. The highest BCUT2D eigenvalue weighted by Gasteiger charge is 2.09. The highest BCUT2D eigenvalue weighted by atomic mass is 16.3. The molecule has 0 radical (unpaired) electrons. The van der Waals surface area contributed by atoms with Crippen LogP contribution in [0.1, 0.15) is 47.0 Å². The second-order valence-electron chi connectivity index (χ2n) is 5.02. The number of carbonyl (C=O) groups is 1. The van der Waals surface area contributed by atoms with E-state index in [0.29, 0.717) is 24.8 Å². The zero-order chi connectivity index (χ0) is 11.8. The molecule has 0 bridgehead atoms. The lowest BCUT2D eigenvalue weighted by atomic mass is 10.1. The minimum absolute atomic E-state index is 0.0477. The topological polar surface area (TPSA) is 49.3 Å². The van der Waals surface area contributed by atoms with E-state index in [4.69, 9.17) is 0 Å². The van der Waals surface area contributed by atoms with Crippen LogP contribution in [0.15, 0.2) is 0 Å². The number of rotatable bonds is 7. The maximum absolute atomic E-state index is 11.3. The fourth-order valence-corrected chi connectivity index (χ4v) is 1.37. The van der Waals surface area contributed by atoms with Crippen LogP contribution in [0, 0.1) is 11.8 Å². The molecule has 2 N–H and O–H groups in total. The van der Waals surface area contributed by atoms with Gasteiger partial charge in [-0.25, -0.2) is 0 Å². The number of amides is 1. The lowest BCUT2D eigenvalue weighted by Gasteiger charge is -2.14. The summed E-state index contributed by atoms with van der Waals surface area (Å²) in [6.07, 6.45) is 1.80. The maximum atomic E-state index is 11.3. The van der Waals surface area contributed by atoms with E-state index in [1.165, 1.54) is 0 Å². The largest absolute Gasteiger partial charge is 0.391 e. The zero-order valence-corrected chi connectivity index (χ0v) is 10.4. The molecule has 0 rings (SSSR count). The van der Waals surface area contributed by atoms with Crippen LogP contribution in [0.2, 0.25) is 0 Å². The van der Waals surface area contributed by atoms with Crippen LogP contribution in [0.3, 0.4) is 0 Å². The van der Waals surface area contributed by atoms with Crippen molar-refractivity contribution >= 4 is 5.91 Å². The second kappa shape index (κ2) is 7.69. The van der Waals surface area contributed by atoms with Gasteiger partial charge < -0.3 is 10.4 Å².